The van der Waals surface area contributed by atoms with Gasteiger partial charge in [-0.15, -0.1) is 13.2 Å². The highest BCUT2D eigenvalue weighted by atomic mass is 19.4. The Balaban J connectivity index is 3.39. The summed E-state index contributed by atoms with van der Waals surface area (Å²) in [5, 5.41) is 7.62. The summed E-state index contributed by atoms with van der Waals surface area (Å²) in [5.74, 6) is 0. The minimum Gasteiger partial charge on any atom is -0.512 e. The zero-order valence-electron chi connectivity index (χ0n) is 3.64. The average molecular weight is 128 g/mol. The van der Waals surface area contributed by atoms with Gasteiger partial charge < -0.3 is 9.84 Å². The second kappa shape index (κ2) is 2.44. The number of aliphatic hydroxyl groups excluding tert-OH is 1. The molecule has 0 heterocycles. The lowest BCUT2D eigenvalue weighted by Gasteiger charge is -2.00. The van der Waals surface area contributed by atoms with Crippen LogP contribution in [0.15, 0.2) is 12.5 Å². The van der Waals surface area contributed by atoms with E-state index in [1.807, 2.05) is 0 Å². The molecular weight excluding hydrogens is 125 g/mol. The van der Waals surface area contributed by atoms with E-state index in [1.165, 1.54) is 0 Å². The first-order chi connectivity index (χ1) is 3.56. The first kappa shape index (κ1) is 7.13. The zero-order chi connectivity index (χ0) is 6.62. The first-order valence-corrected chi connectivity index (χ1v) is 1.60. The van der Waals surface area contributed by atoms with E-state index in [1.54, 1.807) is 0 Å². The van der Waals surface area contributed by atoms with Crippen LogP contribution in [-0.2, 0) is 4.74 Å². The van der Waals surface area contributed by atoms with Crippen LogP contribution in [0.3, 0.4) is 0 Å². The third kappa shape index (κ3) is 5.13. The molecule has 0 radical (unpaired) electrons. The smallest absolute Gasteiger partial charge is 0.512 e. The van der Waals surface area contributed by atoms with Crippen LogP contribution in [0.1, 0.15) is 0 Å². The molecule has 2 nitrogen and oxygen atoms in total. The fourth-order valence-electron chi connectivity index (χ4n) is 0.108. The summed E-state index contributed by atoms with van der Waals surface area (Å²) in [6.07, 6.45) is -4.40. The summed E-state index contributed by atoms with van der Waals surface area (Å²) in [4.78, 5) is 0. The minimum absolute atomic E-state index is 0.139. The Morgan fingerprint density at radius 3 is 2.00 bits per heavy atom. The van der Waals surface area contributed by atoms with Gasteiger partial charge in [-0.05, 0) is 0 Å². The number of ether oxygens (including phenoxy) is 1. The number of alkyl halides is 3. The van der Waals surface area contributed by atoms with Crippen LogP contribution in [-0.4, -0.2) is 11.5 Å². The van der Waals surface area contributed by atoms with Crippen LogP contribution < -0.4 is 0 Å². The molecule has 0 fully saturated rings. The second-order valence-electron chi connectivity index (χ2n) is 0.849. The van der Waals surface area contributed by atoms with E-state index in [0.717, 1.165) is 0 Å². The molecule has 0 aliphatic heterocycles. The molecule has 5 heteroatoms. The van der Waals surface area contributed by atoms with Crippen molar-refractivity contribution in [3.8, 4) is 0 Å². The molecule has 0 aromatic rings. The van der Waals surface area contributed by atoms with E-state index in [4.69, 9.17) is 5.11 Å². The van der Waals surface area contributed by atoms with Gasteiger partial charge in [0, 0.05) is 0 Å². The molecule has 1 N–H and O–H groups in total. The standard InChI is InChI=1S/C3H3F3O2/c4-3(5,6)8-2-1-7/h1-2,7H/b2-1+. The highest BCUT2D eigenvalue weighted by Gasteiger charge is 2.28. The van der Waals surface area contributed by atoms with Crippen molar-refractivity contribution in [2.24, 2.45) is 0 Å². The summed E-state index contributed by atoms with van der Waals surface area (Å²) in [6, 6.07) is 0. The maximum absolute atomic E-state index is 10.9. The van der Waals surface area contributed by atoms with Crippen molar-refractivity contribution in [2.75, 3.05) is 0 Å². The van der Waals surface area contributed by atoms with Gasteiger partial charge >= 0.3 is 6.36 Å². The van der Waals surface area contributed by atoms with Crippen molar-refractivity contribution < 1.29 is 23.0 Å². The Labute approximate surface area is 43.2 Å². The topological polar surface area (TPSA) is 29.5 Å². The number of hydrogen-bond acceptors (Lipinski definition) is 2. The lowest BCUT2D eigenvalue weighted by Crippen LogP contribution is -2.08. The molecule has 0 saturated carbocycles. The van der Waals surface area contributed by atoms with Gasteiger partial charge in [0.2, 0.25) is 0 Å². The molecule has 0 bridgehead atoms. The van der Waals surface area contributed by atoms with Crippen molar-refractivity contribution in [1.29, 1.82) is 0 Å². The van der Waals surface area contributed by atoms with Gasteiger partial charge in [0.15, 0.2) is 0 Å². The Morgan fingerprint density at radius 2 is 1.88 bits per heavy atom. The predicted octanol–water partition coefficient (Wildman–Crippen LogP) is 1.55. The van der Waals surface area contributed by atoms with Crippen LogP contribution in [0.2, 0.25) is 0 Å². The Hall–Kier alpha value is -0.870. The maximum Gasteiger partial charge on any atom is 0.572 e. The summed E-state index contributed by atoms with van der Waals surface area (Å²) < 4.78 is 35.5. The summed E-state index contributed by atoms with van der Waals surface area (Å²) in [7, 11) is 0. The molecule has 0 aromatic heterocycles. The third-order valence-electron chi connectivity index (χ3n) is 0.263. The molecule has 8 heavy (non-hydrogen) atoms. The van der Waals surface area contributed by atoms with Crippen molar-refractivity contribution >= 4 is 0 Å². The van der Waals surface area contributed by atoms with E-state index in [-0.39, 0.29) is 12.5 Å². The highest BCUT2D eigenvalue weighted by molar-refractivity contribution is 4.56. The second-order valence-corrected chi connectivity index (χ2v) is 0.849. The Kier molecular flexibility index (Phi) is 2.18. The summed E-state index contributed by atoms with van der Waals surface area (Å²) in [6.45, 7) is 0. The minimum atomic E-state index is -4.70. The zero-order valence-corrected chi connectivity index (χ0v) is 3.64. The van der Waals surface area contributed by atoms with Crippen molar-refractivity contribution in [1.82, 2.24) is 0 Å². The lowest BCUT2D eigenvalue weighted by atomic mass is 11.0. The van der Waals surface area contributed by atoms with Gasteiger partial charge in [-0.1, -0.05) is 0 Å². The van der Waals surface area contributed by atoms with E-state index < -0.39 is 6.36 Å². The average Bonchev–Trinajstić information content (AvgIpc) is 1.59. The highest BCUT2D eigenvalue weighted by Crippen LogP contribution is 2.15. The molecule has 0 spiro atoms. The van der Waals surface area contributed by atoms with Gasteiger partial charge in [0.1, 0.15) is 12.5 Å². The normalized spacial score (nSPS) is 12.4. The van der Waals surface area contributed by atoms with Crippen molar-refractivity contribution in [2.45, 2.75) is 6.36 Å². The molecule has 0 rings (SSSR count). The SMILES string of the molecule is O/C=C/OC(F)(F)F. The molecule has 48 valence electrons. The van der Waals surface area contributed by atoms with Crippen LogP contribution in [0, 0.1) is 0 Å². The van der Waals surface area contributed by atoms with E-state index in [2.05, 4.69) is 4.74 Å². The Bertz CT molecular complexity index is 85.0. The lowest BCUT2D eigenvalue weighted by molar-refractivity contribution is -0.298. The molecule has 0 amide bonds. The monoisotopic (exact) mass is 128 g/mol. The quantitative estimate of drug-likeness (QED) is 0.543. The molecular formula is C3H3F3O2. The van der Waals surface area contributed by atoms with E-state index in [9.17, 15) is 13.2 Å². The number of halogens is 3. The van der Waals surface area contributed by atoms with Crippen molar-refractivity contribution in [3.05, 3.63) is 12.5 Å². The summed E-state index contributed by atoms with van der Waals surface area (Å²) in [5.41, 5.74) is 0. The Morgan fingerprint density at radius 1 is 1.38 bits per heavy atom. The largest absolute Gasteiger partial charge is 0.572 e. The number of aliphatic hydroxyl groups is 1. The van der Waals surface area contributed by atoms with Crippen LogP contribution in [0.4, 0.5) is 13.2 Å². The number of hydrogen-bond donors (Lipinski definition) is 1. The number of rotatable bonds is 1. The summed E-state index contributed by atoms with van der Waals surface area (Å²) >= 11 is 0. The predicted molar refractivity (Wildman–Crippen MR) is 18.9 cm³/mol. The van der Waals surface area contributed by atoms with Gasteiger partial charge in [0.25, 0.3) is 0 Å². The first-order valence-electron chi connectivity index (χ1n) is 1.60. The van der Waals surface area contributed by atoms with Crippen LogP contribution in [0.25, 0.3) is 0 Å². The van der Waals surface area contributed by atoms with Crippen LogP contribution in [0.5, 0.6) is 0 Å². The van der Waals surface area contributed by atoms with Gasteiger partial charge in [-0.3, -0.25) is 0 Å². The molecule has 0 aromatic carbocycles. The van der Waals surface area contributed by atoms with Gasteiger partial charge in [0.05, 0.1) is 0 Å². The fraction of sp³-hybridized carbons (Fsp3) is 0.333. The van der Waals surface area contributed by atoms with Crippen LogP contribution >= 0.6 is 0 Å². The van der Waals surface area contributed by atoms with Gasteiger partial charge in [-0.25, -0.2) is 0 Å². The molecule has 0 saturated heterocycles. The van der Waals surface area contributed by atoms with Gasteiger partial charge in [-0.2, -0.15) is 0 Å². The van der Waals surface area contributed by atoms with E-state index in [0.29, 0.717) is 0 Å². The molecule has 0 aliphatic carbocycles. The third-order valence-corrected chi connectivity index (χ3v) is 0.263. The molecule has 0 aliphatic rings. The maximum atomic E-state index is 10.9. The molecule has 0 atom stereocenters. The van der Waals surface area contributed by atoms with E-state index >= 15 is 0 Å². The fourth-order valence-corrected chi connectivity index (χ4v) is 0.108. The van der Waals surface area contributed by atoms with Crippen molar-refractivity contribution in [3.63, 3.8) is 0 Å². The molecule has 0 unspecified atom stereocenters.